The number of hydrogen-bond donors (Lipinski definition) is 0. The number of nitrogens with zero attached hydrogens (tertiary/aromatic N) is 3. The third kappa shape index (κ3) is 2.69. The van der Waals surface area contributed by atoms with Crippen LogP contribution in [0.5, 0.6) is 0 Å². The first kappa shape index (κ1) is 12.6. The predicted molar refractivity (Wildman–Crippen MR) is 73.1 cm³/mol. The number of aryl methyl sites for hydroxylation is 1. The summed E-state index contributed by atoms with van der Waals surface area (Å²) in [6, 6.07) is 5.88. The molecule has 0 saturated heterocycles. The molecule has 0 aliphatic heterocycles. The largest absolute Gasteiger partial charge is 0.219 e. The molecule has 0 radical (unpaired) electrons. The summed E-state index contributed by atoms with van der Waals surface area (Å²) in [7, 11) is 0. The first-order valence-electron chi connectivity index (χ1n) is 5.44. The number of aromatic nitrogens is 3. The van der Waals surface area contributed by atoms with Crippen LogP contribution in [0.2, 0.25) is 5.02 Å². The monoisotopic (exact) mass is 313 g/mol. The van der Waals surface area contributed by atoms with Crippen LogP contribution in [0, 0.1) is 6.92 Å². The molecule has 3 nitrogen and oxygen atoms in total. The molecule has 1 aromatic heterocycles. The number of halogens is 2. The van der Waals surface area contributed by atoms with Crippen molar-refractivity contribution in [1.82, 2.24) is 15.0 Å². The molecule has 1 aromatic carbocycles. The Morgan fingerprint density at radius 3 is 2.88 bits per heavy atom. The van der Waals surface area contributed by atoms with E-state index in [0.29, 0.717) is 5.02 Å². The fourth-order valence-electron chi connectivity index (χ4n) is 1.54. The van der Waals surface area contributed by atoms with Crippen molar-refractivity contribution < 1.29 is 0 Å². The Bertz CT molecular complexity index is 524. The van der Waals surface area contributed by atoms with Crippen molar-refractivity contribution in [1.29, 1.82) is 0 Å². The van der Waals surface area contributed by atoms with Crippen molar-refractivity contribution >= 4 is 27.5 Å². The highest BCUT2D eigenvalue weighted by Crippen LogP contribution is 2.26. The Morgan fingerprint density at radius 2 is 2.24 bits per heavy atom. The SMILES string of the molecule is CCC(Br)c1cn(-c2ccc(C)cc2Cl)nn1. The van der Waals surface area contributed by atoms with Crippen LogP contribution >= 0.6 is 27.5 Å². The van der Waals surface area contributed by atoms with E-state index in [9.17, 15) is 0 Å². The zero-order valence-corrected chi connectivity index (χ0v) is 12.0. The van der Waals surface area contributed by atoms with Gasteiger partial charge in [0.25, 0.3) is 0 Å². The molecule has 2 aromatic rings. The zero-order valence-electron chi connectivity index (χ0n) is 9.69. The topological polar surface area (TPSA) is 30.7 Å². The van der Waals surface area contributed by atoms with E-state index in [1.807, 2.05) is 31.3 Å². The third-order valence-corrected chi connectivity index (χ3v) is 3.96. The van der Waals surface area contributed by atoms with Gasteiger partial charge < -0.3 is 0 Å². The molecule has 0 aliphatic carbocycles. The summed E-state index contributed by atoms with van der Waals surface area (Å²) in [6.07, 6.45) is 2.87. The van der Waals surface area contributed by atoms with Gasteiger partial charge in [-0.1, -0.05) is 45.7 Å². The van der Waals surface area contributed by atoms with Crippen LogP contribution in [0.3, 0.4) is 0 Å². The van der Waals surface area contributed by atoms with E-state index in [2.05, 4.69) is 33.2 Å². The number of hydrogen-bond acceptors (Lipinski definition) is 2. The number of alkyl halides is 1. The van der Waals surface area contributed by atoms with Gasteiger partial charge in [0, 0.05) is 0 Å². The molecule has 0 fully saturated rings. The molecule has 1 unspecified atom stereocenters. The maximum Gasteiger partial charge on any atom is 0.0967 e. The quantitative estimate of drug-likeness (QED) is 0.799. The second kappa shape index (κ2) is 5.19. The molecule has 0 N–H and O–H groups in total. The standard InChI is InChI=1S/C12H13BrClN3/c1-3-9(13)11-7-17(16-15-11)12-5-4-8(2)6-10(12)14/h4-7,9H,3H2,1-2H3. The van der Waals surface area contributed by atoms with Gasteiger partial charge in [-0.15, -0.1) is 5.10 Å². The number of rotatable bonds is 3. The van der Waals surface area contributed by atoms with E-state index < -0.39 is 0 Å². The Hall–Kier alpha value is -0.870. The summed E-state index contributed by atoms with van der Waals surface area (Å²) in [5.41, 5.74) is 2.90. The van der Waals surface area contributed by atoms with Gasteiger partial charge in [0.05, 0.1) is 27.4 Å². The highest BCUT2D eigenvalue weighted by Gasteiger charge is 2.11. The van der Waals surface area contributed by atoms with Gasteiger partial charge in [-0.2, -0.15) is 0 Å². The van der Waals surface area contributed by atoms with Crippen molar-refractivity contribution in [3.8, 4) is 5.69 Å². The van der Waals surface area contributed by atoms with Crippen molar-refractivity contribution in [3.05, 3.63) is 40.7 Å². The molecule has 0 aliphatic rings. The zero-order chi connectivity index (χ0) is 12.4. The van der Waals surface area contributed by atoms with Gasteiger partial charge >= 0.3 is 0 Å². The summed E-state index contributed by atoms with van der Waals surface area (Å²) in [5.74, 6) is 0. The number of benzene rings is 1. The molecule has 0 saturated carbocycles. The molecule has 5 heteroatoms. The minimum atomic E-state index is 0.237. The van der Waals surface area contributed by atoms with Crippen molar-refractivity contribution in [3.63, 3.8) is 0 Å². The Balaban J connectivity index is 2.37. The van der Waals surface area contributed by atoms with Crippen LogP contribution in [0.15, 0.2) is 24.4 Å². The smallest absolute Gasteiger partial charge is 0.0967 e. The second-order valence-electron chi connectivity index (χ2n) is 3.92. The molecule has 0 amide bonds. The van der Waals surface area contributed by atoms with E-state index in [-0.39, 0.29) is 4.83 Å². The molecule has 17 heavy (non-hydrogen) atoms. The lowest BCUT2D eigenvalue weighted by Gasteiger charge is -2.04. The minimum Gasteiger partial charge on any atom is -0.219 e. The van der Waals surface area contributed by atoms with Crippen LogP contribution < -0.4 is 0 Å². The van der Waals surface area contributed by atoms with Gasteiger partial charge in [0.15, 0.2) is 0 Å². The van der Waals surface area contributed by atoms with Gasteiger partial charge in [-0.05, 0) is 31.0 Å². The molecular weight excluding hydrogens is 302 g/mol. The maximum absolute atomic E-state index is 6.19. The normalized spacial score (nSPS) is 12.7. The maximum atomic E-state index is 6.19. The van der Waals surface area contributed by atoms with Gasteiger partial charge in [-0.25, -0.2) is 4.68 Å². The lowest BCUT2D eigenvalue weighted by atomic mass is 10.2. The van der Waals surface area contributed by atoms with Crippen LogP contribution in [-0.4, -0.2) is 15.0 Å². The summed E-state index contributed by atoms with van der Waals surface area (Å²) in [4.78, 5) is 0.237. The van der Waals surface area contributed by atoms with Crippen molar-refractivity contribution in [2.24, 2.45) is 0 Å². The average Bonchev–Trinajstić information content (AvgIpc) is 2.77. The first-order valence-corrected chi connectivity index (χ1v) is 6.74. The Labute approximate surface area is 114 Å². The lowest BCUT2D eigenvalue weighted by Crippen LogP contribution is -1.96. The Kier molecular flexibility index (Phi) is 3.84. The summed E-state index contributed by atoms with van der Waals surface area (Å²) in [6.45, 7) is 4.10. The third-order valence-electron chi connectivity index (χ3n) is 2.54. The van der Waals surface area contributed by atoms with E-state index in [0.717, 1.165) is 23.4 Å². The summed E-state index contributed by atoms with van der Waals surface area (Å²) >= 11 is 9.74. The van der Waals surface area contributed by atoms with Crippen molar-refractivity contribution in [2.75, 3.05) is 0 Å². The van der Waals surface area contributed by atoms with Crippen LogP contribution in [0.1, 0.15) is 29.4 Å². The van der Waals surface area contributed by atoms with Gasteiger partial charge in [-0.3, -0.25) is 0 Å². The van der Waals surface area contributed by atoms with Crippen molar-refractivity contribution in [2.45, 2.75) is 25.1 Å². The first-order chi connectivity index (χ1) is 8.11. The molecule has 0 bridgehead atoms. The van der Waals surface area contributed by atoms with E-state index in [4.69, 9.17) is 11.6 Å². The fraction of sp³-hybridized carbons (Fsp3) is 0.333. The molecule has 90 valence electrons. The average molecular weight is 315 g/mol. The molecular formula is C12H13BrClN3. The van der Waals surface area contributed by atoms with Gasteiger partial charge in [0.2, 0.25) is 0 Å². The van der Waals surface area contributed by atoms with Crippen LogP contribution in [-0.2, 0) is 0 Å². The highest BCUT2D eigenvalue weighted by molar-refractivity contribution is 9.09. The van der Waals surface area contributed by atoms with E-state index >= 15 is 0 Å². The van der Waals surface area contributed by atoms with E-state index in [1.165, 1.54) is 0 Å². The Morgan fingerprint density at radius 1 is 1.47 bits per heavy atom. The minimum absolute atomic E-state index is 0.237. The molecule has 1 atom stereocenters. The highest BCUT2D eigenvalue weighted by atomic mass is 79.9. The summed E-state index contributed by atoms with van der Waals surface area (Å²) in [5, 5.41) is 8.92. The van der Waals surface area contributed by atoms with E-state index in [1.54, 1.807) is 4.68 Å². The van der Waals surface area contributed by atoms with Crippen LogP contribution in [0.25, 0.3) is 5.69 Å². The van der Waals surface area contributed by atoms with Gasteiger partial charge in [0.1, 0.15) is 0 Å². The fourth-order valence-corrected chi connectivity index (χ4v) is 2.08. The molecule has 2 rings (SSSR count). The predicted octanol–water partition coefficient (Wildman–Crippen LogP) is 4.08. The van der Waals surface area contributed by atoms with Crippen LogP contribution in [0.4, 0.5) is 0 Å². The summed E-state index contributed by atoms with van der Waals surface area (Å²) < 4.78 is 1.71. The molecule has 1 heterocycles. The second-order valence-corrected chi connectivity index (χ2v) is 5.43. The molecule has 0 spiro atoms. The lowest BCUT2D eigenvalue weighted by molar-refractivity contribution is 0.790.